The molecule has 23 heavy (non-hydrogen) atoms. The molecule has 0 spiro atoms. The van der Waals surface area contributed by atoms with E-state index in [0.29, 0.717) is 13.0 Å². The number of nitrogens with one attached hydrogen (secondary N) is 1. The van der Waals surface area contributed by atoms with E-state index in [9.17, 15) is 4.79 Å². The summed E-state index contributed by atoms with van der Waals surface area (Å²) in [5, 5.41) is 0.983. The minimum Gasteiger partial charge on any atom is -0.496 e. The summed E-state index contributed by atoms with van der Waals surface area (Å²) in [5.41, 5.74) is 3.07. The summed E-state index contributed by atoms with van der Waals surface area (Å²) in [6, 6.07) is 15.8. The first-order valence-corrected chi connectivity index (χ1v) is 7.60. The highest BCUT2D eigenvalue weighted by atomic mass is 16.5. The van der Waals surface area contributed by atoms with Crippen LogP contribution in [0, 0.1) is 0 Å². The van der Waals surface area contributed by atoms with Gasteiger partial charge in [-0.15, -0.1) is 0 Å². The van der Waals surface area contributed by atoms with Crippen molar-refractivity contribution in [2.45, 2.75) is 13.0 Å². The zero-order valence-electron chi connectivity index (χ0n) is 13.4. The predicted octanol–water partition coefficient (Wildman–Crippen LogP) is 3.38. The summed E-state index contributed by atoms with van der Waals surface area (Å²) < 4.78 is 5.42. The normalized spacial score (nSPS) is 10.7. The number of aromatic nitrogens is 1. The van der Waals surface area contributed by atoms with E-state index >= 15 is 0 Å². The van der Waals surface area contributed by atoms with E-state index in [0.717, 1.165) is 27.8 Å². The summed E-state index contributed by atoms with van der Waals surface area (Å²) >= 11 is 0. The van der Waals surface area contributed by atoms with Crippen molar-refractivity contribution in [2.24, 2.45) is 0 Å². The van der Waals surface area contributed by atoms with Crippen LogP contribution in [0.4, 0.5) is 0 Å². The molecule has 0 saturated heterocycles. The van der Waals surface area contributed by atoms with Crippen LogP contribution in [0.15, 0.2) is 54.7 Å². The van der Waals surface area contributed by atoms with Crippen LogP contribution in [0.3, 0.4) is 0 Å². The van der Waals surface area contributed by atoms with Crippen LogP contribution in [0.2, 0.25) is 0 Å². The Morgan fingerprint density at radius 3 is 2.65 bits per heavy atom. The summed E-state index contributed by atoms with van der Waals surface area (Å²) in [6.45, 7) is 0.610. The Bertz CT molecular complexity index is 809. The molecule has 0 radical (unpaired) electrons. The lowest BCUT2D eigenvalue weighted by Gasteiger charge is -2.17. The molecule has 0 unspecified atom stereocenters. The van der Waals surface area contributed by atoms with E-state index in [1.165, 1.54) is 0 Å². The fraction of sp³-hybridized carbons (Fsp3) is 0.211. The van der Waals surface area contributed by atoms with Gasteiger partial charge in [0.1, 0.15) is 5.75 Å². The minimum absolute atomic E-state index is 0.0839. The Balaban J connectivity index is 1.78. The number of hydrogen-bond acceptors (Lipinski definition) is 2. The number of amides is 1. The van der Waals surface area contributed by atoms with E-state index in [4.69, 9.17) is 4.74 Å². The molecule has 0 aliphatic rings. The van der Waals surface area contributed by atoms with Gasteiger partial charge in [0.15, 0.2) is 0 Å². The summed E-state index contributed by atoms with van der Waals surface area (Å²) in [5.74, 6) is 0.873. The van der Waals surface area contributed by atoms with Gasteiger partial charge in [-0.1, -0.05) is 36.4 Å². The molecule has 3 rings (SSSR count). The van der Waals surface area contributed by atoms with Crippen LogP contribution in [-0.4, -0.2) is 29.9 Å². The highest BCUT2D eigenvalue weighted by molar-refractivity contribution is 5.93. The molecule has 1 aromatic heterocycles. The van der Waals surface area contributed by atoms with Crippen molar-refractivity contribution in [3.8, 4) is 5.75 Å². The number of H-pyrrole nitrogens is 1. The smallest absolute Gasteiger partial charge is 0.227 e. The molecule has 0 atom stereocenters. The number of carbonyl (C=O) groups excluding carboxylic acids is 1. The molecular formula is C19H20N2O2. The van der Waals surface area contributed by atoms with Crippen LogP contribution in [0.1, 0.15) is 11.1 Å². The highest BCUT2D eigenvalue weighted by Gasteiger charge is 2.15. The van der Waals surface area contributed by atoms with Crippen LogP contribution in [0.5, 0.6) is 5.75 Å². The maximum atomic E-state index is 12.5. The number of fused-ring (bicyclic) bond motifs is 1. The molecule has 1 heterocycles. The Hall–Kier alpha value is -2.75. The maximum Gasteiger partial charge on any atom is 0.227 e. The van der Waals surface area contributed by atoms with Crippen molar-refractivity contribution in [3.63, 3.8) is 0 Å². The van der Waals surface area contributed by atoms with Gasteiger partial charge >= 0.3 is 0 Å². The topological polar surface area (TPSA) is 45.3 Å². The SMILES string of the molecule is COc1cccc2[nH]cc(CC(=O)N(C)Cc3ccccc3)c12. The van der Waals surface area contributed by atoms with Gasteiger partial charge in [-0.3, -0.25) is 4.79 Å². The number of methoxy groups -OCH3 is 1. The van der Waals surface area contributed by atoms with E-state index < -0.39 is 0 Å². The van der Waals surface area contributed by atoms with Crippen LogP contribution < -0.4 is 4.74 Å². The van der Waals surface area contributed by atoms with Crippen LogP contribution in [-0.2, 0) is 17.8 Å². The quantitative estimate of drug-likeness (QED) is 0.785. The zero-order valence-corrected chi connectivity index (χ0v) is 13.4. The Morgan fingerprint density at radius 1 is 1.13 bits per heavy atom. The summed E-state index contributed by atoms with van der Waals surface area (Å²) in [4.78, 5) is 17.5. The molecule has 0 aliphatic carbocycles. The molecule has 118 valence electrons. The van der Waals surface area contributed by atoms with Gasteiger partial charge in [-0.05, 0) is 23.3 Å². The van der Waals surface area contributed by atoms with E-state index in [1.807, 2.05) is 61.8 Å². The summed E-state index contributed by atoms with van der Waals surface area (Å²) in [7, 11) is 3.48. The Labute approximate surface area is 135 Å². The Kier molecular flexibility index (Phi) is 4.33. The number of ether oxygens (including phenoxy) is 1. The van der Waals surface area contributed by atoms with Crippen molar-refractivity contribution >= 4 is 16.8 Å². The highest BCUT2D eigenvalue weighted by Crippen LogP contribution is 2.29. The van der Waals surface area contributed by atoms with Gasteiger partial charge in [-0.25, -0.2) is 0 Å². The largest absolute Gasteiger partial charge is 0.496 e. The van der Waals surface area contributed by atoms with Gasteiger partial charge in [0.05, 0.1) is 13.5 Å². The van der Waals surface area contributed by atoms with Crippen LogP contribution >= 0.6 is 0 Å². The fourth-order valence-corrected chi connectivity index (χ4v) is 2.77. The van der Waals surface area contributed by atoms with Gasteiger partial charge in [0.2, 0.25) is 5.91 Å². The standard InChI is InChI=1S/C19H20N2O2/c1-21(13-14-7-4-3-5-8-14)18(22)11-15-12-20-16-9-6-10-17(23-2)19(15)16/h3-10,12,20H,11,13H2,1-2H3. The fourth-order valence-electron chi connectivity index (χ4n) is 2.77. The molecule has 1 amide bonds. The first-order chi connectivity index (χ1) is 11.2. The average Bonchev–Trinajstić information content (AvgIpc) is 2.99. The van der Waals surface area contributed by atoms with Gasteiger partial charge < -0.3 is 14.6 Å². The number of benzene rings is 2. The van der Waals surface area contributed by atoms with Gasteiger partial charge in [0.25, 0.3) is 0 Å². The second-order valence-electron chi connectivity index (χ2n) is 5.61. The lowest BCUT2D eigenvalue weighted by Crippen LogP contribution is -2.27. The predicted molar refractivity (Wildman–Crippen MR) is 91.5 cm³/mol. The second kappa shape index (κ2) is 6.57. The van der Waals surface area contributed by atoms with Crippen molar-refractivity contribution in [1.82, 2.24) is 9.88 Å². The van der Waals surface area contributed by atoms with Crippen molar-refractivity contribution in [2.75, 3.05) is 14.2 Å². The van der Waals surface area contributed by atoms with Gasteiger partial charge in [0, 0.05) is 30.7 Å². The molecule has 2 aromatic carbocycles. The first kappa shape index (κ1) is 15.2. The third kappa shape index (κ3) is 3.21. The minimum atomic E-state index is 0.0839. The number of nitrogens with zero attached hydrogens (tertiary/aromatic N) is 1. The second-order valence-corrected chi connectivity index (χ2v) is 5.61. The van der Waals surface area contributed by atoms with Gasteiger partial charge in [-0.2, -0.15) is 0 Å². The van der Waals surface area contributed by atoms with Crippen LogP contribution in [0.25, 0.3) is 10.9 Å². The summed E-state index contributed by atoms with van der Waals surface area (Å²) in [6.07, 6.45) is 2.24. The molecule has 3 aromatic rings. The molecule has 0 aliphatic heterocycles. The number of likely N-dealkylation sites (N-methyl/N-ethyl adjacent to an activating group) is 1. The number of rotatable bonds is 5. The third-order valence-corrected chi connectivity index (χ3v) is 4.00. The van der Waals surface area contributed by atoms with E-state index in [1.54, 1.807) is 12.0 Å². The molecule has 4 nitrogen and oxygen atoms in total. The lowest BCUT2D eigenvalue weighted by molar-refractivity contribution is -0.129. The first-order valence-electron chi connectivity index (χ1n) is 7.60. The molecule has 0 fully saturated rings. The molecule has 0 saturated carbocycles. The molecular weight excluding hydrogens is 288 g/mol. The lowest BCUT2D eigenvalue weighted by atomic mass is 10.1. The monoisotopic (exact) mass is 308 g/mol. The molecule has 1 N–H and O–H groups in total. The number of aromatic amines is 1. The number of hydrogen-bond donors (Lipinski definition) is 1. The molecule has 4 heteroatoms. The van der Waals surface area contributed by atoms with Crippen molar-refractivity contribution in [3.05, 3.63) is 65.9 Å². The van der Waals surface area contributed by atoms with Crippen molar-refractivity contribution in [1.29, 1.82) is 0 Å². The third-order valence-electron chi connectivity index (χ3n) is 4.00. The zero-order chi connectivity index (χ0) is 16.2. The molecule has 0 bridgehead atoms. The van der Waals surface area contributed by atoms with E-state index in [-0.39, 0.29) is 5.91 Å². The van der Waals surface area contributed by atoms with Crippen molar-refractivity contribution < 1.29 is 9.53 Å². The average molecular weight is 308 g/mol. The maximum absolute atomic E-state index is 12.5. The Morgan fingerprint density at radius 2 is 1.91 bits per heavy atom. The van der Waals surface area contributed by atoms with E-state index in [2.05, 4.69) is 4.98 Å². The number of carbonyl (C=O) groups is 1.